The smallest absolute Gasteiger partial charge is 0.226 e. The predicted octanol–water partition coefficient (Wildman–Crippen LogP) is 6.46. The van der Waals surface area contributed by atoms with Crippen LogP contribution in [0.25, 0.3) is 0 Å². The highest BCUT2D eigenvalue weighted by Crippen LogP contribution is 2.53. The summed E-state index contributed by atoms with van der Waals surface area (Å²) in [7, 11) is 0. The highest BCUT2D eigenvalue weighted by Gasteiger charge is 2.51. The van der Waals surface area contributed by atoms with Crippen LogP contribution in [-0.2, 0) is 4.79 Å². The number of hydrogen-bond donors (Lipinski definition) is 2. The molecule has 1 rings (SSSR count). The molecule has 3 heteroatoms. The van der Waals surface area contributed by atoms with E-state index < -0.39 is 0 Å². The Morgan fingerprint density at radius 2 is 1.32 bits per heavy atom. The number of piperidine rings is 1. The number of carbonyl (C=O) groups is 1. The van der Waals surface area contributed by atoms with Crippen LogP contribution in [0.4, 0.5) is 0 Å². The highest BCUT2D eigenvalue weighted by atomic mass is 16.2. The normalized spacial score (nSPS) is 22.5. The summed E-state index contributed by atoms with van der Waals surface area (Å²) < 4.78 is 0. The Balaban J connectivity index is 3.22. The van der Waals surface area contributed by atoms with Crippen LogP contribution >= 0.6 is 0 Å². The van der Waals surface area contributed by atoms with Crippen molar-refractivity contribution in [2.75, 3.05) is 0 Å². The summed E-state index contributed by atoms with van der Waals surface area (Å²) >= 11 is 0. The molecule has 0 aromatic carbocycles. The van der Waals surface area contributed by atoms with Crippen molar-refractivity contribution in [1.82, 2.24) is 10.6 Å². The lowest BCUT2D eigenvalue weighted by Crippen LogP contribution is -2.63. The fourth-order valence-corrected chi connectivity index (χ4v) is 5.72. The molecule has 0 aliphatic carbocycles. The lowest BCUT2D eigenvalue weighted by atomic mass is 9.55. The number of amides is 1. The molecule has 1 atom stereocenters. The number of nitrogens with one attached hydrogen (secondary N) is 2. The van der Waals surface area contributed by atoms with Crippen LogP contribution in [0.15, 0.2) is 0 Å². The fourth-order valence-electron chi connectivity index (χ4n) is 5.72. The van der Waals surface area contributed by atoms with Gasteiger partial charge in [0.2, 0.25) is 5.91 Å². The summed E-state index contributed by atoms with van der Waals surface area (Å²) in [5.41, 5.74) is -0.0893. The van der Waals surface area contributed by atoms with Crippen LogP contribution in [0.3, 0.4) is 0 Å². The molecule has 1 aliphatic heterocycles. The highest BCUT2D eigenvalue weighted by molar-refractivity contribution is 5.83. The van der Waals surface area contributed by atoms with Crippen molar-refractivity contribution in [3.8, 4) is 0 Å². The number of carbonyl (C=O) groups excluding carboxylic acids is 1. The summed E-state index contributed by atoms with van der Waals surface area (Å²) in [6, 6.07) is 0.227. The van der Waals surface area contributed by atoms with Crippen molar-refractivity contribution in [2.45, 2.75) is 138 Å². The first-order chi connectivity index (χ1) is 12.6. The van der Waals surface area contributed by atoms with Gasteiger partial charge in [-0.05, 0) is 70.6 Å². The van der Waals surface area contributed by atoms with Crippen molar-refractivity contribution >= 4 is 5.91 Å². The van der Waals surface area contributed by atoms with Crippen LogP contribution in [0.2, 0.25) is 0 Å². The molecule has 0 spiro atoms. The van der Waals surface area contributed by atoms with Gasteiger partial charge in [0, 0.05) is 17.1 Å². The van der Waals surface area contributed by atoms with Gasteiger partial charge in [-0.3, -0.25) is 4.79 Å². The van der Waals surface area contributed by atoms with Crippen LogP contribution in [-0.4, -0.2) is 23.0 Å². The first-order valence-corrected chi connectivity index (χ1v) is 11.7. The molecule has 1 unspecified atom stereocenters. The van der Waals surface area contributed by atoms with Gasteiger partial charge in [-0.15, -0.1) is 0 Å². The minimum absolute atomic E-state index is 0.000631. The fraction of sp³-hybridized carbons (Fsp3) is 0.960. The molecule has 1 heterocycles. The molecule has 166 valence electrons. The summed E-state index contributed by atoms with van der Waals surface area (Å²) in [5.74, 6) is 0.269. The van der Waals surface area contributed by atoms with E-state index in [1.807, 2.05) is 0 Å². The van der Waals surface area contributed by atoms with Gasteiger partial charge < -0.3 is 10.6 Å². The molecule has 0 bridgehead atoms. The molecule has 3 nitrogen and oxygen atoms in total. The van der Waals surface area contributed by atoms with E-state index in [1.54, 1.807) is 0 Å². The predicted molar refractivity (Wildman–Crippen MR) is 123 cm³/mol. The zero-order valence-corrected chi connectivity index (χ0v) is 20.9. The third kappa shape index (κ3) is 5.52. The van der Waals surface area contributed by atoms with E-state index in [4.69, 9.17) is 0 Å². The van der Waals surface area contributed by atoms with Crippen molar-refractivity contribution < 1.29 is 4.79 Å². The topological polar surface area (TPSA) is 41.1 Å². The van der Waals surface area contributed by atoms with Gasteiger partial charge >= 0.3 is 0 Å². The lowest BCUT2D eigenvalue weighted by molar-refractivity contribution is -0.143. The Hall–Kier alpha value is -0.570. The Bertz CT molecular complexity index is 513. The van der Waals surface area contributed by atoms with E-state index in [-0.39, 0.29) is 39.3 Å². The molecule has 1 saturated heterocycles. The summed E-state index contributed by atoms with van der Waals surface area (Å²) in [5, 5.41) is 7.27. The largest absolute Gasteiger partial charge is 0.353 e. The average molecular weight is 395 g/mol. The van der Waals surface area contributed by atoms with Crippen LogP contribution in [0, 0.1) is 16.2 Å². The van der Waals surface area contributed by atoms with Gasteiger partial charge in [-0.25, -0.2) is 0 Å². The minimum atomic E-state index is -0.365. The van der Waals surface area contributed by atoms with Gasteiger partial charge in [-0.2, -0.15) is 0 Å². The zero-order chi connectivity index (χ0) is 22.0. The van der Waals surface area contributed by atoms with E-state index in [0.29, 0.717) is 0 Å². The standard InChI is InChI=1S/C25H50N2O/c1-12-23(9,13-2)18-25(11,24(10,14-3)15-4)20(28)26-19-16-21(5,6)27-22(7,8)17-19/h19,27H,12-18H2,1-11H3,(H,26,28). The van der Waals surface area contributed by atoms with Gasteiger partial charge in [-0.1, -0.05) is 61.3 Å². The average Bonchev–Trinajstić information content (AvgIpc) is 2.57. The molecule has 1 amide bonds. The van der Waals surface area contributed by atoms with Crippen LogP contribution < -0.4 is 10.6 Å². The molecule has 1 fully saturated rings. The van der Waals surface area contributed by atoms with Crippen molar-refractivity contribution in [3.05, 3.63) is 0 Å². The van der Waals surface area contributed by atoms with Crippen molar-refractivity contribution in [1.29, 1.82) is 0 Å². The second kappa shape index (κ2) is 8.66. The Labute approximate surface area is 176 Å². The van der Waals surface area contributed by atoms with Crippen molar-refractivity contribution in [3.63, 3.8) is 0 Å². The number of hydrogen-bond acceptors (Lipinski definition) is 2. The number of rotatable bonds is 9. The third-order valence-electron chi connectivity index (χ3n) is 8.41. The van der Waals surface area contributed by atoms with E-state index >= 15 is 0 Å². The zero-order valence-electron chi connectivity index (χ0n) is 20.9. The monoisotopic (exact) mass is 394 g/mol. The van der Waals surface area contributed by atoms with Crippen molar-refractivity contribution in [2.24, 2.45) is 16.2 Å². The quantitative estimate of drug-likeness (QED) is 0.471. The second-order valence-corrected chi connectivity index (χ2v) is 11.8. The SMILES string of the molecule is CCC(C)(CC)CC(C)(C(=O)NC1CC(C)(C)NC(C)(C)C1)C(C)(CC)CC. The molecular formula is C25H50N2O. The maximum absolute atomic E-state index is 13.9. The van der Waals surface area contributed by atoms with Gasteiger partial charge in [0.05, 0.1) is 5.41 Å². The van der Waals surface area contributed by atoms with Gasteiger partial charge in [0.1, 0.15) is 0 Å². The molecule has 0 aromatic rings. The lowest BCUT2D eigenvalue weighted by Gasteiger charge is -2.51. The van der Waals surface area contributed by atoms with Gasteiger partial charge in [0.25, 0.3) is 0 Å². The Morgan fingerprint density at radius 3 is 1.68 bits per heavy atom. The van der Waals surface area contributed by atoms with E-state index in [2.05, 4.69) is 86.8 Å². The maximum atomic E-state index is 13.9. The molecule has 0 saturated carbocycles. The molecule has 1 aliphatic rings. The maximum Gasteiger partial charge on any atom is 0.226 e. The third-order valence-corrected chi connectivity index (χ3v) is 8.41. The minimum Gasteiger partial charge on any atom is -0.353 e. The molecular weight excluding hydrogens is 344 g/mol. The summed E-state index contributed by atoms with van der Waals surface area (Å²) in [6.07, 6.45) is 7.19. The molecule has 2 N–H and O–H groups in total. The summed E-state index contributed by atoms with van der Waals surface area (Å²) in [4.78, 5) is 13.9. The van der Waals surface area contributed by atoms with Crippen LogP contribution in [0.1, 0.15) is 121 Å². The molecule has 28 heavy (non-hydrogen) atoms. The van der Waals surface area contributed by atoms with E-state index in [1.165, 1.54) is 0 Å². The second-order valence-electron chi connectivity index (χ2n) is 11.8. The molecule has 0 radical (unpaired) electrons. The summed E-state index contributed by atoms with van der Waals surface area (Å²) in [6.45, 7) is 25.0. The van der Waals surface area contributed by atoms with E-state index in [0.717, 1.165) is 44.9 Å². The Morgan fingerprint density at radius 1 is 0.893 bits per heavy atom. The van der Waals surface area contributed by atoms with E-state index in [9.17, 15) is 4.79 Å². The Kier molecular flexibility index (Phi) is 7.87. The van der Waals surface area contributed by atoms with Crippen LogP contribution in [0.5, 0.6) is 0 Å². The first kappa shape index (κ1) is 25.5. The van der Waals surface area contributed by atoms with Gasteiger partial charge in [0.15, 0.2) is 0 Å². The molecule has 0 aromatic heterocycles. The first-order valence-electron chi connectivity index (χ1n) is 11.7.